The second-order valence-corrected chi connectivity index (χ2v) is 7.42. The highest BCUT2D eigenvalue weighted by molar-refractivity contribution is 8.03. The molecule has 19 heavy (non-hydrogen) atoms. The Morgan fingerprint density at radius 3 is 2.63 bits per heavy atom. The van der Waals surface area contributed by atoms with Crippen LogP contribution in [0.4, 0.5) is 0 Å². The van der Waals surface area contributed by atoms with E-state index in [1.807, 2.05) is 30.3 Å². The molecule has 100 valence electrons. The number of primary amides is 1. The summed E-state index contributed by atoms with van der Waals surface area (Å²) < 4.78 is 1.69. The molecule has 0 spiro atoms. The van der Waals surface area contributed by atoms with Crippen LogP contribution in [0.15, 0.2) is 39.0 Å². The van der Waals surface area contributed by atoms with Crippen molar-refractivity contribution in [2.45, 2.75) is 20.9 Å². The van der Waals surface area contributed by atoms with Crippen molar-refractivity contribution in [3.05, 3.63) is 35.9 Å². The Labute approximate surface area is 124 Å². The first-order chi connectivity index (χ1) is 9.20. The normalized spacial score (nSPS) is 12.3. The quantitative estimate of drug-likeness (QED) is 0.831. The second-order valence-electron chi connectivity index (χ2n) is 3.58. The van der Waals surface area contributed by atoms with Gasteiger partial charge in [0.05, 0.1) is 0 Å². The third-order valence-corrected chi connectivity index (χ3v) is 5.53. The molecule has 0 fully saturated rings. The van der Waals surface area contributed by atoms with Gasteiger partial charge in [-0.3, -0.25) is 4.79 Å². The van der Waals surface area contributed by atoms with Gasteiger partial charge in [-0.15, -0.1) is 10.2 Å². The van der Waals surface area contributed by atoms with Crippen molar-refractivity contribution >= 4 is 40.8 Å². The van der Waals surface area contributed by atoms with Crippen molar-refractivity contribution in [1.82, 2.24) is 10.2 Å². The number of hydrogen-bond acceptors (Lipinski definition) is 6. The number of nitrogens with zero attached hydrogens (tertiary/aromatic N) is 2. The lowest BCUT2D eigenvalue weighted by molar-refractivity contribution is -0.117. The summed E-state index contributed by atoms with van der Waals surface area (Å²) in [5, 5.41) is 7.73. The molecule has 1 heterocycles. The minimum atomic E-state index is -0.423. The van der Waals surface area contributed by atoms with Gasteiger partial charge in [0.15, 0.2) is 8.68 Å². The number of rotatable bonds is 6. The average Bonchev–Trinajstić information content (AvgIpc) is 2.85. The molecule has 7 heteroatoms. The molecule has 0 saturated heterocycles. The molecule has 4 nitrogen and oxygen atoms in total. The zero-order valence-corrected chi connectivity index (χ0v) is 12.7. The lowest BCUT2D eigenvalue weighted by atomic mass is 10.1. The van der Waals surface area contributed by atoms with E-state index in [2.05, 4.69) is 17.1 Å². The Bertz CT molecular complexity index is 544. The minimum Gasteiger partial charge on any atom is -0.368 e. The van der Waals surface area contributed by atoms with Gasteiger partial charge in [0, 0.05) is 0 Å². The number of nitrogens with two attached hydrogens (primary N) is 1. The molecule has 0 radical (unpaired) electrons. The van der Waals surface area contributed by atoms with E-state index in [-0.39, 0.29) is 5.91 Å². The Kier molecular flexibility index (Phi) is 5.24. The number of aromatic nitrogens is 2. The van der Waals surface area contributed by atoms with Crippen LogP contribution >= 0.6 is 34.9 Å². The Morgan fingerprint density at radius 2 is 2.00 bits per heavy atom. The Morgan fingerprint density at radius 1 is 1.32 bits per heavy atom. The van der Waals surface area contributed by atoms with Crippen LogP contribution in [0.25, 0.3) is 0 Å². The molecule has 0 aliphatic carbocycles. The molecule has 2 aromatic rings. The lowest BCUT2D eigenvalue weighted by Crippen LogP contribution is -2.18. The molecule has 2 rings (SSSR count). The van der Waals surface area contributed by atoms with E-state index in [9.17, 15) is 4.79 Å². The third-order valence-electron chi connectivity index (χ3n) is 2.24. The Balaban J connectivity index is 2.15. The maximum Gasteiger partial charge on any atom is 0.235 e. The van der Waals surface area contributed by atoms with E-state index in [0.717, 1.165) is 20.0 Å². The van der Waals surface area contributed by atoms with Gasteiger partial charge in [0.1, 0.15) is 5.25 Å². The molecular weight excluding hydrogens is 298 g/mol. The van der Waals surface area contributed by atoms with Crippen molar-refractivity contribution < 1.29 is 4.79 Å². The van der Waals surface area contributed by atoms with Gasteiger partial charge in [-0.25, -0.2) is 0 Å². The molecule has 1 amide bonds. The van der Waals surface area contributed by atoms with Gasteiger partial charge in [-0.2, -0.15) is 0 Å². The number of amides is 1. The van der Waals surface area contributed by atoms with Gasteiger partial charge in [-0.1, -0.05) is 72.1 Å². The molecule has 0 aliphatic heterocycles. The highest BCUT2D eigenvalue weighted by atomic mass is 32.2. The van der Waals surface area contributed by atoms with Crippen molar-refractivity contribution in [2.75, 3.05) is 5.75 Å². The topological polar surface area (TPSA) is 68.9 Å². The van der Waals surface area contributed by atoms with Crippen LogP contribution in [0.1, 0.15) is 17.7 Å². The van der Waals surface area contributed by atoms with Crippen LogP contribution in [0.5, 0.6) is 0 Å². The van der Waals surface area contributed by atoms with Crippen molar-refractivity contribution in [2.24, 2.45) is 5.73 Å². The highest BCUT2D eigenvalue weighted by Crippen LogP contribution is 2.38. The largest absolute Gasteiger partial charge is 0.368 e. The summed E-state index contributed by atoms with van der Waals surface area (Å²) >= 11 is 4.49. The van der Waals surface area contributed by atoms with Gasteiger partial charge >= 0.3 is 0 Å². The molecule has 0 aliphatic rings. The van der Waals surface area contributed by atoms with Gasteiger partial charge in [0.2, 0.25) is 5.91 Å². The van der Waals surface area contributed by atoms with Crippen LogP contribution < -0.4 is 5.73 Å². The monoisotopic (exact) mass is 311 g/mol. The summed E-state index contributed by atoms with van der Waals surface area (Å²) in [6.07, 6.45) is 0. The maximum atomic E-state index is 11.6. The van der Waals surface area contributed by atoms with Gasteiger partial charge in [-0.05, 0) is 11.3 Å². The Hall–Kier alpha value is -1.05. The summed E-state index contributed by atoms with van der Waals surface area (Å²) in [4.78, 5) is 11.6. The standard InChI is InChI=1S/C12H13N3OS3/c1-2-17-11-14-15-12(19-11)18-9(10(13)16)8-6-4-3-5-7-8/h3-7,9H,2H2,1H3,(H2,13,16)/t9-/m1/s1. The predicted molar refractivity (Wildman–Crippen MR) is 80.5 cm³/mol. The van der Waals surface area contributed by atoms with Crippen molar-refractivity contribution in [3.63, 3.8) is 0 Å². The van der Waals surface area contributed by atoms with E-state index in [0.29, 0.717) is 0 Å². The van der Waals surface area contributed by atoms with Crippen LogP contribution in [0, 0.1) is 0 Å². The van der Waals surface area contributed by atoms with Crippen LogP contribution in [-0.2, 0) is 4.79 Å². The van der Waals surface area contributed by atoms with Gasteiger partial charge in [0.25, 0.3) is 0 Å². The van der Waals surface area contributed by atoms with Crippen molar-refractivity contribution in [1.29, 1.82) is 0 Å². The first-order valence-electron chi connectivity index (χ1n) is 5.68. The molecule has 0 bridgehead atoms. The lowest BCUT2D eigenvalue weighted by Gasteiger charge is -2.10. The molecular formula is C12H13N3OS3. The number of hydrogen-bond donors (Lipinski definition) is 1. The van der Waals surface area contributed by atoms with E-state index in [4.69, 9.17) is 5.73 Å². The summed E-state index contributed by atoms with van der Waals surface area (Å²) in [7, 11) is 0. The van der Waals surface area contributed by atoms with Crippen LogP contribution in [0.2, 0.25) is 0 Å². The summed E-state index contributed by atoms with van der Waals surface area (Å²) in [6.45, 7) is 2.06. The van der Waals surface area contributed by atoms with E-state index < -0.39 is 5.25 Å². The predicted octanol–water partition coefficient (Wildman–Crippen LogP) is 2.97. The fourth-order valence-electron chi connectivity index (χ4n) is 1.45. The molecule has 1 aromatic carbocycles. The van der Waals surface area contributed by atoms with Crippen LogP contribution in [0.3, 0.4) is 0 Å². The maximum absolute atomic E-state index is 11.6. The first-order valence-corrected chi connectivity index (χ1v) is 8.36. The summed E-state index contributed by atoms with van der Waals surface area (Å²) in [5.74, 6) is 0.591. The summed E-state index contributed by atoms with van der Waals surface area (Å²) in [5.41, 5.74) is 6.36. The van der Waals surface area contributed by atoms with E-state index in [1.165, 1.54) is 23.1 Å². The molecule has 1 atom stereocenters. The number of benzene rings is 1. The fraction of sp³-hybridized carbons (Fsp3) is 0.250. The van der Waals surface area contributed by atoms with E-state index >= 15 is 0 Å². The van der Waals surface area contributed by atoms with E-state index in [1.54, 1.807) is 11.8 Å². The van der Waals surface area contributed by atoms with Gasteiger partial charge < -0.3 is 5.73 Å². The second kappa shape index (κ2) is 6.93. The third kappa shape index (κ3) is 3.95. The number of carbonyl (C=O) groups excluding carboxylic acids is 1. The smallest absolute Gasteiger partial charge is 0.235 e. The number of carbonyl (C=O) groups is 1. The van der Waals surface area contributed by atoms with Crippen molar-refractivity contribution in [3.8, 4) is 0 Å². The molecule has 0 unspecified atom stereocenters. The number of thioether (sulfide) groups is 2. The van der Waals surface area contributed by atoms with Crippen LogP contribution in [-0.4, -0.2) is 21.9 Å². The molecule has 2 N–H and O–H groups in total. The molecule has 1 aromatic heterocycles. The average molecular weight is 311 g/mol. The zero-order valence-electron chi connectivity index (χ0n) is 10.3. The molecule has 0 saturated carbocycles. The zero-order chi connectivity index (χ0) is 13.7. The fourth-order valence-corrected chi connectivity index (χ4v) is 4.51. The SMILES string of the molecule is CCSc1nnc(S[C@@H](C(N)=O)c2ccccc2)s1. The first kappa shape index (κ1) is 14.4. The summed E-state index contributed by atoms with van der Waals surface area (Å²) in [6, 6.07) is 9.48. The minimum absolute atomic E-state index is 0.365. The highest BCUT2D eigenvalue weighted by Gasteiger charge is 2.21.